The van der Waals surface area contributed by atoms with Gasteiger partial charge in [-0.1, -0.05) is 0 Å². The molecule has 0 aliphatic carbocycles. The van der Waals surface area contributed by atoms with E-state index in [0.29, 0.717) is 0 Å². The first kappa shape index (κ1) is 9.28. The fraction of sp³-hybridized carbons (Fsp3) is 1.00. The molecule has 0 fully saturated rings. The summed E-state index contributed by atoms with van der Waals surface area (Å²) < 4.78 is 1.41. The van der Waals surface area contributed by atoms with Gasteiger partial charge in [0, 0.05) is 0 Å². The summed E-state index contributed by atoms with van der Waals surface area (Å²) in [6.07, 6.45) is 1.36. The van der Waals surface area contributed by atoms with E-state index in [9.17, 15) is 0 Å². The molecule has 0 aliphatic rings. The Morgan fingerprint density at radius 2 is 1.80 bits per heavy atom. The molecule has 0 aromatic carbocycles. The minimum Gasteiger partial charge on any atom is -0.412 e. The molecule has 31 valence electrons. The Bertz CT molecular complexity index is 8.85. The molecule has 0 aromatic rings. The van der Waals surface area contributed by atoms with E-state index >= 15 is 0 Å². The summed E-state index contributed by atoms with van der Waals surface area (Å²) in [6, 6.07) is 0. The zero-order valence-corrected chi connectivity index (χ0v) is 5.87. The van der Waals surface area contributed by atoms with Gasteiger partial charge in [0.15, 0.2) is 0 Å². The molecule has 0 atom stereocenters. The zero-order valence-electron chi connectivity index (χ0n) is 3.41. The predicted octanol–water partition coefficient (Wildman–Crippen LogP) is 0.537. The van der Waals surface area contributed by atoms with Crippen LogP contribution in [0.4, 0.5) is 0 Å². The largest absolute Gasteiger partial charge is 0.412 e. The molecule has 0 saturated carbocycles. The van der Waals surface area contributed by atoms with E-state index in [1.54, 1.807) is 24.7 Å². The molecule has 0 aromatic heterocycles. The average molecular weight is 152 g/mol. The number of hydrogen-bond acceptors (Lipinski definition) is 0. The first-order valence-electron chi connectivity index (χ1n) is 1.56. The molecule has 0 amide bonds. The molecule has 0 aliphatic heterocycles. The maximum Gasteiger partial charge on any atom is -0.412 e. The summed E-state index contributed by atoms with van der Waals surface area (Å²) in [7, 11) is 0. The smallest absolute Gasteiger partial charge is 0.412 e. The molecular formula is C3H9OZr. The Hall–Kier alpha value is 0.843. The van der Waals surface area contributed by atoms with Crippen LogP contribution in [-0.4, -0.2) is 5.48 Å². The molecule has 1 nitrogen and oxygen atoms in total. The van der Waals surface area contributed by atoms with E-state index in [4.69, 9.17) is 0 Å². The van der Waals surface area contributed by atoms with Crippen LogP contribution < -0.4 is 0 Å². The van der Waals surface area contributed by atoms with Gasteiger partial charge < -0.3 is 5.48 Å². The van der Waals surface area contributed by atoms with Crippen LogP contribution in [0.3, 0.4) is 0 Å². The normalized spacial score (nSPS) is 5.60. The summed E-state index contributed by atoms with van der Waals surface area (Å²) in [4.78, 5) is 0. The van der Waals surface area contributed by atoms with Crippen LogP contribution in [0, 0.1) is 0 Å². The first-order chi connectivity index (χ1) is 1.91. The van der Waals surface area contributed by atoms with Crippen LogP contribution in [0.5, 0.6) is 0 Å². The summed E-state index contributed by atoms with van der Waals surface area (Å²) >= 11 is 1.67. The van der Waals surface area contributed by atoms with Crippen LogP contribution in [0.1, 0.15) is 13.3 Å². The van der Waals surface area contributed by atoms with Crippen molar-refractivity contribution in [1.82, 2.24) is 0 Å². The van der Waals surface area contributed by atoms with Gasteiger partial charge in [-0.05, 0) is 0 Å². The number of hydrogen-bond donors (Lipinski definition) is 0. The Morgan fingerprint density at radius 3 is 1.80 bits per heavy atom. The van der Waals surface area contributed by atoms with E-state index in [1.165, 1.54) is 10.5 Å². The second kappa shape index (κ2) is 8.85. The van der Waals surface area contributed by atoms with Crippen molar-refractivity contribution in [2.24, 2.45) is 0 Å². The van der Waals surface area contributed by atoms with Gasteiger partial charge >= 0.3 is 42.2 Å². The topological polar surface area (TPSA) is 31.5 Å². The predicted molar refractivity (Wildman–Crippen MR) is 18.7 cm³/mol. The van der Waals surface area contributed by atoms with Crippen molar-refractivity contribution in [3.8, 4) is 0 Å². The van der Waals surface area contributed by atoms with Crippen molar-refractivity contribution >= 4 is 0 Å². The van der Waals surface area contributed by atoms with Gasteiger partial charge in [-0.3, -0.25) is 0 Å². The summed E-state index contributed by atoms with van der Waals surface area (Å²) in [5.74, 6) is 0. The molecule has 2 heteroatoms. The fourth-order valence-electron chi connectivity index (χ4n) is 0. The molecule has 0 bridgehead atoms. The summed E-state index contributed by atoms with van der Waals surface area (Å²) in [5, 5.41) is 0. The summed E-state index contributed by atoms with van der Waals surface area (Å²) in [6.45, 7) is 2.20. The van der Waals surface area contributed by atoms with Crippen LogP contribution in [0.2, 0.25) is 4.13 Å². The second-order valence-corrected chi connectivity index (χ2v) is 1.98. The van der Waals surface area contributed by atoms with Gasteiger partial charge in [0.05, 0.1) is 0 Å². The first-order valence-corrected chi connectivity index (χ1v) is 3.30. The van der Waals surface area contributed by atoms with E-state index in [0.717, 1.165) is 0 Å². The van der Waals surface area contributed by atoms with Gasteiger partial charge in [0.1, 0.15) is 0 Å². The molecule has 5 heavy (non-hydrogen) atoms. The van der Waals surface area contributed by atoms with Crippen molar-refractivity contribution < 1.29 is 30.2 Å². The fourth-order valence-corrected chi connectivity index (χ4v) is 0. The van der Waals surface area contributed by atoms with Gasteiger partial charge in [-0.2, -0.15) is 0 Å². The summed E-state index contributed by atoms with van der Waals surface area (Å²) in [5.41, 5.74) is 0. The quantitative estimate of drug-likeness (QED) is 0.525. The van der Waals surface area contributed by atoms with Crippen LogP contribution in [0.15, 0.2) is 0 Å². The monoisotopic (exact) mass is 151 g/mol. The van der Waals surface area contributed by atoms with E-state index in [-0.39, 0.29) is 5.48 Å². The SMILES string of the molecule is CC[CH2][Zr].O. The Balaban J connectivity index is 0. The maximum atomic E-state index is 2.20. The van der Waals surface area contributed by atoms with E-state index in [1.807, 2.05) is 0 Å². The van der Waals surface area contributed by atoms with Crippen LogP contribution in [-0.2, 0) is 24.7 Å². The minimum atomic E-state index is 0. The van der Waals surface area contributed by atoms with E-state index in [2.05, 4.69) is 6.92 Å². The van der Waals surface area contributed by atoms with Gasteiger partial charge in [0.2, 0.25) is 0 Å². The van der Waals surface area contributed by atoms with Gasteiger partial charge in [0.25, 0.3) is 0 Å². The third kappa shape index (κ3) is 11.5. The number of rotatable bonds is 1. The van der Waals surface area contributed by atoms with Gasteiger partial charge in [-0.15, -0.1) is 0 Å². The van der Waals surface area contributed by atoms with Crippen molar-refractivity contribution in [3.05, 3.63) is 0 Å². The standard InChI is InChI=1S/C3H7.H2O.Zr/c1-3-2;;/h1,3H2,2H3;1H2;. The molecule has 0 radical (unpaired) electrons. The van der Waals surface area contributed by atoms with E-state index < -0.39 is 0 Å². The Kier molecular flexibility index (Phi) is 16.4. The van der Waals surface area contributed by atoms with Crippen molar-refractivity contribution in [2.45, 2.75) is 17.5 Å². The molecule has 2 N–H and O–H groups in total. The molecule has 0 heterocycles. The average Bonchev–Trinajstić information content (AvgIpc) is 1.37. The molecule has 0 unspecified atom stereocenters. The Morgan fingerprint density at radius 1 is 1.60 bits per heavy atom. The molecular weight excluding hydrogens is 143 g/mol. The minimum absolute atomic E-state index is 0. The van der Waals surface area contributed by atoms with Crippen LogP contribution >= 0.6 is 0 Å². The molecule has 0 spiro atoms. The molecule has 0 saturated heterocycles. The third-order valence-corrected chi connectivity index (χ3v) is 1.48. The van der Waals surface area contributed by atoms with Crippen LogP contribution in [0.25, 0.3) is 0 Å². The zero-order chi connectivity index (χ0) is 3.41. The van der Waals surface area contributed by atoms with Crippen molar-refractivity contribution in [2.75, 3.05) is 0 Å². The van der Waals surface area contributed by atoms with Crippen molar-refractivity contribution in [3.63, 3.8) is 0 Å². The maximum absolute atomic E-state index is 2.20. The second-order valence-electron chi connectivity index (χ2n) is 0.750. The Labute approximate surface area is 47.9 Å². The molecule has 0 rings (SSSR count). The van der Waals surface area contributed by atoms with Gasteiger partial charge in [-0.25, -0.2) is 0 Å². The van der Waals surface area contributed by atoms with Crippen molar-refractivity contribution in [1.29, 1.82) is 0 Å². The third-order valence-electron chi connectivity index (χ3n) is 0.250.